The number of likely N-dealkylation sites (tertiary alicyclic amines) is 1. The van der Waals surface area contributed by atoms with Crippen LogP contribution in [0.2, 0.25) is 0 Å². The van der Waals surface area contributed by atoms with Gasteiger partial charge < -0.3 is 15.5 Å². The maximum Gasteiger partial charge on any atom is 0.0742 e. The van der Waals surface area contributed by atoms with Crippen molar-refractivity contribution < 1.29 is 0 Å². The second-order valence-corrected chi connectivity index (χ2v) is 5.94. The molecule has 1 heterocycles. The van der Waals surface area contributed by atoms with E-state index in [1.54, 1.807) is 0 Å². The minimum atomic E-state index is 0.460. The van der Waals surface area contributed by atoms with Crippen LogP contribution in [0.25, 0.3) is 0 Å². The van der Waals surface area contributed by atoms with Crippen molar-refractivity contribution in [2.45, 2.75) is 51.1 Å². The molecular formula is C13H27N3S. The lowest BCUT2D eigenvalue weighted by atomic mass is 10.00. The number of nitrogens with two attached hydrogens (primary N) is 1. The Bertz CT molecular complexity index is 245. The fourth-order valence-electron chi connectivity index (χ4n) is 2.53. The van der Waals surface area contributed by atoms with E-state index in [2.05, 4.69) is 30.8 Å². The molecule has 2 unspecified atom stereocenters. The van der Waals surface area contributed by atoms with Gasteiger partial charge in [-0.3, -0.25) is 0 Å². The highest BCUT2D eigenvalue weighted by Gasteiger charge is 2.20. The maximum absolute atomic E-state index is 5.59. The van der Waals surface area contributed by atoms with Crippen molar-refractivity contribution in [3.05, 3.63) is 0 Å². The number of piperidine rings is 1. The summed E-state index contributed by atoms with van der Waals surface area (Å²) in [6, 6.07) is 1.23. The van der Waals surface area contributed by atoms with E-state index in [-0.39, 0.29) is 0 Å². The lowest BCUT2D eigenvalue weighted by Crippen LogP contribution is -2.40. The molecule has 1 saturated heterocycles. The molecule has 17 heavy (non-hydrogen) atoms. The van der Waals surface area contributed by atoms with Gasteiger partial charge in [0.1, 0.15) is 0 Å². The van der Waals surface area contributed by atoms with Crippen LogP contribution in [0.1, 0.15) is 39.0 Å². The van der Waals surface area contributed by atoms with Crippen LogP contribution in [0.3, 0.4) is 0 Å². The van der Waals surface area contributed by atoms with Gasteiger partial charge in [-0.15, -0.1) is 0 Å². The summed E-state index contributed by atoms with van der Waals surface area (Å²) < 4.78 is 0. The Morgan fingerprint density at radius 3 is 2.82 bits per heavy atom. The summed E-state index contributed by atoms with van der Waals surface area (Å²) in [5.74, 6) is 0. The molecule has 0 aromatic rings. The van der Waals surface area contributed by atoms with Crippen molar-refractivity contribution in [3.8, 4) is 0 Å². The first kappa shape index (κ1) is 14.9. The molecule has 0 spiro atoms. The summed E-state index contributed by atoms with van der Waals surface area (Å²) in [4.78, 5) is 5.51. The Morgan fingerprint density at radius 2 is 2.24 bits per heavy atom. The molecule has 1 aliphatic rings. The van der Waals surface area contributed by atoms with Gasteiger partial charge >= 0.3 is 0 Å². The number of hydrogen-bond acceptors (Lipinski definition) is 3. The van der Waals surface area contributed by atoms with Gasteiger partial charge in [0.25, 0.3) is 0 Å². The molecule has 1 aliphatic heterocycles. The molecule has 0 bridgehead atoms. The number of thiocarbonyl (C=S) groups is 1. The third-order valence-electron chi connectivity index (χ3n) is 3.99. The van der Waals surface area contributed by atoms with Gasteiger partial charge in [-0.1, -0.05) is 18.6 Å². The summed E-state index contributed by atoms with van der Waals surface area (Å²) in [5, 5.41) is 0. The molecule has 0 aliphatic carbocycles. The largest absolute Gasteiger partial charge is 0.393 e. The van der Waals surface area contributed by atoms with E-state index in [4.69, 9.17) is 18.0 Å². The Labute approximate surface area is 111 Å². The molecular weight excluding hydrogens is 230 g/mol. The van der Waals surface area contributed by atoms with Crippen LogP contribution >= 0.6 is 12.2 Å². The van der Waals surface area contributed by atoms with Crippen molar-refractivity contribution in [1.29, 1.82) is 0 Å². The Morgan fingerprint density at radius 1 is 1.53 bits per heavy atom. The molecule has 0 radical (unpaired) electrons. The second kappa shape index (κ2) is 7.29. The number of hydrogen-bond donors (Lipinski definition) is 1. The lowest BCUT2D eigenvalue weighted by molar-refractivity contribution is 0.152. The molecule has 3 nitrogen and oxygen atoms in total. The molecule has 1 fully saturated rings. The van der Waals surface area contributed by atoms with E-state index in [1.165, 1.54) is 32.2 Å². The van der Waals surface area contributed by atoms with E-state index in [0.717, 1.165) is 19.0 Å². The molecule has 0 aromatic carbocycles. The van der Waals surface area contributed by atoms with Crippen LogP contribution in [0.15, 0.2) is 0 Å². The summed E-state index contributed by atoms with van der Waals surface area (Å²) >= 11 is 4.96. The Hall–Kier alpha value is -0.190. The molecule has 2 N–H and O–H groups in total. The molecule has 4 heteroatoms. The molecule has 0 amide bonds. The molecule has 100 valence electrons. The quantitative estimate of drug-likeness (QED) is 0.736. The van der Waals surface area contributed by atoms with Crippen LogP contribution in [0.5, 0.6) is 0 Å². The van der Waals surface area contributed by atoms with Crippen molar-refractivity contribution >= 4 is 17.2 Å². The predicted molar refractivity (Wildman–Crippen MR) is 78.4 cm³/mol. The van der Waals surface area contributed by atoms with Crippen molar-refractivity contribution in [2.75, 3.05) is 27.2 Å². The van der Waals surface area contributed by atoms with E-state index in [1.807, 2.05) is 0 Å². The fraction of sp³-hybridized carbons (Fsp3) is 0.923. The maximum atomic E-state index is 5.59. The molecule has 2 atom stereocenters. The third kappa shape index (κ3) is 5.32. The van der Waals surface area contributed by atoms with Gasteiger partial charge in [0.2, 0.25) is 0 Å². The van der Waals surface area contributed by atoms with E-state index < -0.39 is 0 Å². The SMILES string of the molecule is CC(CC(N)=S)N(C)CCC1CCCCN1C. The zero-order valence-corrected chi connectivity index (χ0v) is 12.3. The highest BCUT2D eigenvalue weighted by molar-refractivity contribution is 7.80. The summed E-state index contributed by atoms with van der Waals surface area (Å²) in [5.41, 5.74) is 5.59. The highest BCUT2D eigenvalue weighted by Crippen LogP contribution is 2.18. The first-order valence-electron chi connectivity index (χ1n) is 6.69. The van der Waals surface area contributed by atoms with Gasteiger partial charge in [0.15, 0.2) is 0 Å². The second-order valence-electron chi connectivity index (χ2n) is 5.42. The summed E-state index contributed by atoms with van der Waals surface area (Å²) in [6.45, 7) is 4.60. The van der Waals surface area contributed by atoms with Crippen LogP contribution in [-0.4, -0.2) is 54.1 Å². The Balaban J connectivity index is 2.26. The number of rotatable bonds is 6. The smallest absolute Gasteiger partial charge is 0.0742 e. The summed E-state index contributed by atoms with van der Waals surface area (Å²) in [7, 11) is 4.42. The van der Waals surface area contributed by atoms with Gasteiger partial charge in [-0.2, -0.15) is 0 Å². The van der Waals surface area contributed by atoms with Gasteiger partial charge in [0.05, 0.1) is 4.99 Å². The highest BCUT2D eigenvalue weighted by atomic mass is 32.1. The van der Waals surface area contributed by atoms with E-state index in [0.29, 0.717) is 11.0 Å². The normalized spacial score (nSPS) is 23.9. The minimum Gasteiger partial charge on any atom is -0.393 e. The standard InChI is InChI=1S/C13H27N3S/c1-11(10-13(14)17)15(2)9-7-12-6-4-5-8-16(12)3/h11-12H,4-10H2,1-3H3,(H2,14,17). The van der Waals surface area contributed by atoms with E-state index >= 15 is 0 Å². The first-order chi connectivity index (χ1) is 8.00. The minimum absolute atomic E-state index is 0.460. The van der Waals surface area contributed by atoms with Crippen LogP contribution in [-0.2, 0) is 0 Å². The van der Waals surface area contributed by atoms with Crippen LogP contribution < -0.4 is 5.73 Å². The van der Waals surface area contributed by atoms with Gasteiger partial charge in [-0.05, 0) is 53.4 Å². The Kier molecular flexibility index (Phi) is 6.38. The first-order valence-corrected chi connectivity index (χ1v) is 7.10. The third-order valence-corrected chi connectivity index (χ3v) is 4.15. The van der Waals surface area contributed by atoms with Crippen LogP contribution in [0, 0.1) is 0 Å². The van der Waals surface area contributed by atoms with Crippen molar-refractivity contribution in [3.63, 3.8) is 0 Å². The molecule has 1 rings (SSSR count). The van der Waals surface area contributed by atoms with Crippen LogP contribution in [0.4, 0.5) is 0 Å². The van der Waals surface area contributed by atoms with E-state index in [9.17, 15) is 0 Å². The topological polar surface area (TPSA) is 32.5 Å². The average molecular weight is 257 g/mol. The molecule has 0 saturated carbocycles. The number of nitrogens with zero attached hydrogens (tertiary/aromatic N) is 2. The molecule has 0 aromatic heterocycles. The van der Waals surface area contributed by atoms with Gasteiger partial charge in [0, 0.05) is 18.5 Å². The average Bonchev–Trinajstić information content (AvgIpc) is 2.26. The van der Waals surface area contributed by atoms with Crippen molar-refractivity contribution in [2.24, 2.45) is 5.73 Å². The van der Waals surface area contributed by atoms with Crippen molar-refractivity contribution in [1.82, 2.24) is 9.80 Å². The summed E-state index contributed by atoms with van der Waals surface area (Å²) in [6.07, 6.45) is 6.19. The zero-order chi connectivity index (χ0) is 12.8. The van der Waals surface area contributed by atoms with Gasteiger partial charge in [-0.25, -0.2) is 0 Å². The fourth-order valence-corrected chi connectivity index (χ4v) is 2.77. The lowest BCUT2D eigenvalue weighted by Gasteiger charge is -2.34. The predicted octanol–water partition coefficient (Wildman–Crippen LogP) is 1.86. The zero-order valence-electron chi connectivity index (χ0n) is 11.5. The monoisotopic (exact) mass is 257 g/mol.